The summed E-state index contributed by atoms with van der Waals surface area (Å²) in [5.41, 5.74) is -0.246. The van der Waals surface area contributed by atoms with Gasteiger partial charge in [0.2, 0.25) is 0 Å². The summed E-state index contributed by atoms with van der Waals surface area (Å²) in [6.07, 6.45) is 0. The van der Waals surface area contributed by atoms with Crippen LogP contribution in [-0.2, 0) is 9.59 Å². The summed E-state index contributed by atoms with van der Waals surface area (Å²) < 4.78 is 27.7. The number of carbonyl (C=O) groups is 2. The Labute approximate surface area is 132 Å². The van der Waals surface area contributed by atoms with Crippen molar-refractivity contribution in [2.45, 2.75) is 0 Å². The Kier molecular flexibility index (Phi) is 4.84. The molecule has 0 heterocycles. The second-order valence-corrected chi connectivity index (χ2v) is 5.26. The van der Waals surface area contributed by atoms with E-state index in [9.17, 15) is 18.4 Å². The molecule has 0 atom stereocenters. The summed E-state index contributed by atoms with van der Waals surface area (Å²) >= 11 is 2.09. The lowest BCUT2D eigenvalue weighted by atomic mass is 10.3. The number of benzene rings is 2. The average Bonchev–Trinajstić information content (AvgIpc) is 2.45. The van der Waals surface area contributed by atoms with Crippen molar-refractivity contribution in [2.75, 3.05) is 10.6 Å². The predicted octanol–water partition coefficient (Wildman–Crippen LogP) is 3.15. The molecule has 0 aliphatic heterocycles. The lowest BCUT2D eigenvalue weighted by Gasteiger charge is -2.08. The van der Waals surface area contributed by atoms with Crippen molar-refractivity contribution in [3.05, 3.63) is 57.7 Å². The third-order valence-corrected chi connectivity index (χ3v) is 3.23. The minimum atomic E-state index is -1.16. The van der Waals surface area contributed by atoms with Gasteiger partial charge in [0.15, 0.2) is 0 Å². The summed E-state index contributed by atoms with van der Waals surface area (Å²) in [5.74, 6) is -4.08. The average molecular weight is 402 g/mol. The van der Waals surface area contributed by atoms with E-state index in [-0.39, 0.29) is 0 Å². The zero-order chi connectivity index (χ0) is 15.4. The van der Waals surface area contributed by atoms with Gasteiger partial charge in [-0.3, -0.25) is 9.59 Å². The maximum Gasteiger partial charge on any atom is 0.314 e. The van der Waals surface area contributed by atoms with Crippen LogP contribution in [0.15, 0.2) is 42.5 Å². The normalized spacial score (nSPS) is 10.0. The van der Waals surface area contributed by atoms with Crippen molar-refractivity contribution >= 4 is 45.8 Å². The number of para-hydroxylation sites is 1. The fourth-order valence-corrected chi connectivity index (χ4v) is 1.87. The Bertz CT molecular complexity index is 670. The fourth-order valence-electron chi connectivity index (χ4n) is 1.51. The van der Waals surface area contributed by atoms with E-state index in [2.05, 4.69) is 27.9 Å². The van der Waals surface area contributed by atoms with E-state index in [0.29, 0.717) is 5.69 Å². The van der Waals surface area contributed by atoms with Crippen LogP contribution in [0.3, 0.4) is 0 Å². The van der Waals surface area contributed by atoms with Gasteiger partial charge in [0, 0.05) is 9.26 Å². The molecule has 108 valence electrons. The molecular formula is C14H9F2IN2O2. The first-order valence-electron chi connectivity index (χ1n) is 5.79. The van der Waals surface area contributed by atoms with Crippen LogP contribution in [0.5, 0.6) is 0 Å². The molecule has 4 nitrogen and oxygen atoms in total. The highest BCUT2D eigenvalue weighted by Gasteiger charge is 2.18. The van der Waals surface area contributed by atoms with Gasteiger partial charge in [0.05, 0.1) is 0 Å². The van der Waals surface area contributed by atoms with Crippen LogP contribution in [0.25, 0.3) is 0 Å². The first-order valence-corrected chi connectivity index (χ1v) is 6.87. The molecule has 2 aromatic rings. The van der Waals surface area contributed by atoms with Crippen molar-refractivity contribution in [1.29, 1.82) is 0 Å². The van der Waals surface area contributed by atoms with Crippen LogP contribution < -0.4 is 10.6 Å². The van der Waals surface area contributed by atoms with E-state index < -0.39 is 29.1 Å². The molecule has 0 spiro atoms. The van der Waals surface area contributed by atoms with Crippen LogP contribution in [0.1, 0.15) is 0 Å². The Morgan fingerprint density at radius 3 is 1.95 bits per heavy atom. The molecule has 2 aromatic carbocycles. The number of carbonyl (C=O) groups excluding carboxylic acids is 2. The van der Waals surface area contributed by atoms with Gasteiger partial charge in [-0.2, -0.15) is 0 Å². The third kappa shape index (κ3) is 3.97. The van der Waals surface area contributed by atoms with E-state index in [1.807, 2.05) is 5.32 Å². The van der Waals surface area contributed by atoms with Crippen molar-refractivity contribution < 1.29 is 18.4 Å². The summed E-state index contributed by atoms with van der Waals surface area (Å²) in [6.45, 7) is 0. The molecule has 0 radical (unpaired) electrons. The molecule has 0 fully saturated rings. The lowest BCUT2D eigenvalue weighted by molar-refractivity contribution is -0.133. The van der Waals surface area contributed by atoms with Gasteiger partial charge in [-0.25, -0.2) is 8.78 Å². The topological polar surface area (TPSA) is 58.2 Å². The minimum absolute atomic E-state index is 0.407. The highest BCUT2D eigenvalue weighted by molar-refractivity contribution is 14.1. The Morgan fingerprint density at radius 1 is 0.857 bits per heavy atom. The van der Waals surface area contributed by atoms with Crippen LogP contribution in [-0.4, -0.2) is 11.8 Å². The van der Waals surface area contributed by atoms with Crippen molar-refractivity contribution in [3.8, 4) is 0 Å². The predicted molar refractivity (Wildman–Crippen MR) is 82.8 cm³/mol. The number of hydrogen-bond acceptors (Lipinski definition) is 2. The molecule has 0 aliphatic rings. The number of rotatable bonds is 2. The summed E-state index contributed by atoms with van der Waals surface area (Å²) in [7, 11) is 0. The molecule has 0 saturated carbocycles. The third-order valence-electron chi connectivity index (χ3n) is 2.51. The van der Waals surface area contributed by atoms with Crippen LogP contribution >= 0.6 is 22.6 Å². The smallest absolute Gasteiger partial charge is 0.314 e. The molecule has 0 saturated heterocycles. The Balaban J connectivity index is 2.06. The van der Waals surface area contributed by atoms with E-state index in [1.54, 1.807) is 24.3 Å². The molecule has 0 aliphatic carbocycles. The van der Waals surface area contributed by atoms with Gasteiger partial charge in [-0.05, 0) is 59.0 Å². The molecule has 0 unspecified atom stereocenters. The van der Waals surface area contributed by atoms with Crippen LogP contribution in [0, 0.1) is 15.2 Å². The summed E-state index contributed by atoms with van der Waals surface area (Å²) in [5, 5.41) is 4.24. The molecule has 0 aromatic heterocycles. The van der Waals surface area contributed by atoms with Gasteiger partial charge < -0.3 is 10.6 Å². The zero-order valence-corrected chi connectivity index (χ0v) is 12.6. The van der Waals surface area contributed by atoms with E-state index in [1.165, 1.54) is 0 Å². The molecule has 2 rings (SSSR count). The highest BCUT2D eigenvalue weighted by Crippen LogP contribution is 2.18. The number of anilines is 2. The number of nitrogens with one attached hydrogen (secondary N) is 2. The van der Waals surface area contributed by atoms with E-state index in [4.69, 9.17) is 0 Å². The molecule has 2 N–H and O–H groups in total. The summed E-state index contributed by atoms with van der Waals surface area (Å²) in [6, 6.07) is 9.82. The fraction of sp³-hybridized carbons (Fsp3) is 0. The Morgan fingerprint density at radius 2 is 1.38 bits per heavy atom. The van der Waals surface area contributed by atoms with Crippen molar-refractivity contribution in [1.82, 2.24) is 0 Å². The molecular weight excluding hydrogens is 393 g/mol. The lowest BCUT2D eigenvalue weighted by Crippen LogP contribution is -2.29. The number of amides is 2. The van der Waals surface area contributed by atoms with Crippen molar-refractivity contribution in [3.63, 3.8) is 0 Å². The molecule has 2 amide bonds. The monoisotopic (exact) mass is 402 g/mol. The van der Waals surface area contributed by atoms with Crippen LogP contribution in [0.2, 0.25) is 0 Å². The molecule has 7 heteroatoms. The second kappa shape index (κ2) is 6.61. The van der Waals surface area contributed by atoms with E-state index in [0.717, 1.165) is 21.8 Å². The van der Waals surface area contributed by atoms with Gasteiger partial charge in [-0.15, -0.1) is 0 Å². The van der Waals surface area contributed by atoms with Crippen LogP contribution in [0.4, 0.5) is 20.2 Å². The highest BCUT2D eigenvalue weighted by atomic mass is 127. The second-order valence-electron chi connectivity index (χ2n) is 4.01. The minimum Gasteiger partial charge on any atom is -0.318 e. The van der Waals surface area contributed by atoms with Gasteiger partial charge in [-0.1, -0.05) is 6.07 Å². The molecule has 0 bridgehead atoms. The number of hydrogen-bond donors (Lipinski definition) is 2. The molecule has 21 heavy (non-hydrogen) atoms. The van der Waals surface area contributed by atoms with Gasteiger partial charge >= 0.3 is 11.8 Å². The first kappa shape index (κ1) is 15.4. The largest absolute Gasteiger partial charge is 0.318 e. The summed E-state index contributed by atoms with van der Waals surface area (Å²) in [4.78, 5) is 23.3. The maximum absolute atomic E-state index is 13.4. The standard InChI is InChI=1S/C14H9F2IN2O2/c15-10-2-1-3-11(16)12(10)19-14(21)13(20)18-9-6-4-8(17)5-7-9/h1-7H,(H,18,20)(H,19,21). The maximum atomic E-state index is 13.4. The van der Waals surface area contributed by atoms with Gasteiger partial charge in [0.25, 0.3) is 0 Å². The van der Waals surface area contributed by atoms with Crippen molar-refractivity contribution in [2.24, 2.45) is 0 Å². The first-order chi connectivity index (χ1) is 9.97. The number of halogens is 3. The zero-order valence-electron chi connectivity index (χ0n) is 10.5. The van der Waals surface area contributed by atoms with E-state index >= 15 is 0 Å². The quantitative estimate of drug-likeness (QED) is 0.599. The van der Waals surface area contributed by atoms with Gasteiger partial charge in [0.1, 0.15) is 17.3 Å². The Hall–Kier alpha value is -2.03. The SMILES string of the molecule is O=C(Nc1ccc(I)cc1)C(=O)Nc1c(F)cccc1F.